The number of aliphatic hydroxyl groups is 2. The quantitative estimate of drug-likeness (QED) is 0.765. The van der Waals surface area contributed by atoms with Crippen molar-refractivity contribution in [2.75, 3.05) is 0 Å². The van der Waals surface area contributed by atoms with E-state index in [1.54, 1.807) is 13.0 Å². The summed E-state index contributed by atoms with van der Waals surface area (Å²) in [7, 11) is 0. The Labute approximate surface area is 149 Å². The van der Waals surface area contributed by atoms with Gasteiger partial charge in [-0.05, 0) is 79.3 Å². The molecule has 138 valence electrons. The van der Waals surface area contributed by atoms with Crippen LogP contribution in [0.5, 0.6) is 0 Å². The number of Topliss-reactive ketones (excluding diaryl/α,β-unsaturated/α-hetero) is 1. The zero-order valence-electron chi connectivity index (χ0n) is 15.5. The minimum atomic E-state index is -0.596. The Hall–Kier alpha value is -1.00. The number of hydrogen-bond acceptors (Lipinski definition) is 4. The van der Waals surface area contributed by atoms with E-state index in [0.29, 0.717) is 31.6 Å². The third-order valence-electron chi connectivity index (χ3n) is 8.40. The van der Waals surface area contributed by atoms with E-state index >= 15 is 0 Å². The van der Waals surface area contributed by atoms with E-state index in [-0.39, 0.29) is 40.2 Å². The van der Waals surface area contributed by atoms with Gasteiger partial charge in [-0.15, -0.1) is 0 Å². The van der Waals surface area contributed by atoms with Crippen molar-refractivity contribution in [1.82, 2.24) is 0 Å². The van der Waals surface area contributed by atoms with E-state index in [1.165, 1.54) is 0 Å². The van der Waals surface area contributed by atoms with E-state index in [4.69, 9.17) is 0 Å². The molecule has 4 heteroatoms. The summed E-state index contributed by atoms with van der Waals surface area (Å²) in [5.41, 5.74) is 0.383. The molecule has 0 radical (unpaired) electrons. The van der Waals surface area contributed by atoms with E-state index in [2.05, 4.69) is 13.8 Å². The predicted molar refractivity (Wildman–Crippen MR) is 93.7 cm³/mol. The number of carbonyl (C=O) groups is 2. The topological polar surface area (TPSA) is 74.6 Å². The monoisotopic (exact) mass is 346 g/mol. The minimum absolute atomic E-state index is 0.0305. The van der Waals surface area contributed by atoms with Gasteiger partial charge in [0.25, 0.3) is 0 Å². The number of rotatable bonds is 1. The molecule has 0 aromatic rings. The molecule has 25 heavy (non-hydrogen) atoms. The van der Waals surface area contributed by atoms with E-state index in [0.717, 1.165) is 18.4 Å². The highest BCUT2D eigenvalue weighted by Crippen LogP contribution is 2.66. The maximum Gasteiger partial charge on any atom is 0.155 e. The lowest BCUT2D eigenvalue weighted by Gasteiger charge is -2.60. The summed E-state index contributed by atoms with van der Waals surface area (Å²) in [6, 6.07) is 0. The third kappa shape index (κ3) is 2.26. The Morgan fingerprint density at radius 3 is 2.64 bits per heavy atom. The van der Waals surface area contributed by atoms with Gasteiger partial charge in [0, 0.05) is 12.3 Å². The van der Waals surface area contributed by atoms with Crippen LogP contribution in [0.1, 0.15) is 59.3 Å². The van der Waals surface area contributed by atoms with Gasteiger partial charge in [-0.3, -0.25) is 9.59 Å². The molecule has 0 unspecified atom stereocenters. The predicted octanol–water partition coefficient (Wildman–Crippen LogP) is 2.67. The lowest BCUT2D eigenvalue weighted by molar-refractivity contribution is -0.152. The molecule has 8 atom stereocenters. The van der Waals surface area contributed by atoms with E-state index in [9.17, 15) is 19.8 Å². The molecule has 3 fully saturated rings. The normalized spacial score (nSPS) is 52.0. The smallest absolute Gasteiger partial charge is 0.155 e. The van der Waals surface area contributed by atoms with Gasteiger partial charge in [-0.25, -0.2) is 0 Å². The molecule has 4 aliphatic carbocycles. The summed E-state index contributed by atoms with van der Waals surface area (Å²) >= 11 is 0. The van der Waals surface area contributed by atoms with Crippen LogP contribution in [0.2, 0.25) is 0 Å². The molecular formula is C21H30O4. The first-order valence-electron chi connectivity index (χ1n) is 9.80. The first-order valence-corrected chi connectivity index (χ1v) is 9.80. The van der Waals surface area contributed by atoms with Gasteiger partial charge < -0.3 is 10.2 Å². The SMILES string of the molecule is CC(=O)[C@H]1CC[C@H]2[C@@H]3C[C@@H](O)C4=CC(=O)CC[C@]4(C)[C@H]3[C@@H](O)C[C@]12C. The fraction of sp³-hybridized carbons (Fsp3) is 0.810. The molecular weight excluding hydrogens is 316 g/mol. The molecule has 0 bridgehead atoms. The summed E-state index contributed by atoms with van der Waals surface area (Å²) in [4.78, 5) is 24.1. The molecule has 0 heterocycles. The van der Waals surface area contributed by atoms with Crippen molar-refractivity contribution in [2.45, 2.75) is 71.5 Å². The molecule has 4 rings (SSSR count). The first kappa shape index (κ1) is 17.4. The van der Waals surface area contributed by atoms with Gasteiger partial charge in [-0.2, -0.15) is 0 Å². The number of fused-ring (bicyclic) bond motifs is 5. The van der Waals surface area contributed by atoms with Gasteiger partial charge in [-0.1, -0.05) is 13.8 Å². The van der Waals surface area contributed by atoms with Crippen LogP contribution < -0.4 is 0 Å². The summed E-state index contributed by atoms with van der Waals surface area (Å²) in [5, 5.41) is 22.0. The van der Waals surface area contributed by atoms with Gasteiger partial charge in [0.05, 0.1) is 12.2 Å². The second kappa shape index (κ2) is 5.50. The molecule has 0 spiro atoms. The van der Waals surface area contributed by atoms with Gasteiger partial charge >= 0.3 is 0 Å². The third-order valence-corrected chi connectivity index (χ3v) is 8.40. The highest BCUT2D eigenvalue weighted by Gasteiger charge is 2.63. The largest absolute Gasteiger partial charge is 0.393 e. The Morgan fingerprint density at radius 2 is 1.96 bits per heavy atom. The number of carbonyl (C=O) groups excluding carboxylic acids is 2. The highest BCUT2D eigenvalue weighted by molar-refractivity contribution is 5.92. The zero-order chi connectivity index (χ0) is 18.1. The Balaban J connectivity index is 1.76. The van der Waals surface area contributed by atoms with Crippen LogP contribution in [0.3, 0.4) is 0 Å². The van der Waals surface area contributed by atoms with Crippen molar-refractivity contribution in [3.8, 4) is 0 Å². The molecule has 0 aromatic carbocycles. The second-order valence-corrected chi connectivity index (χ2v) is 9.55. The van der Waals surface area contributed by atoms with Crippen LogP contribution in [-0.4, -0.2) is 34.0 Å². The van der Waals surface area contributed by atoms with Crippen LogP contribution in [0.25, 0.3) is 0 Å². The highest BCUT2D eigenvalue weighted by atomic mass is 16.3. The maximum absolute atomic E-state index is 12.2. The number of ketones is 2. The number of aliphatic hydroxyl groups excluding tert-OH is 2. The molecule has 2 N–H and O–H groups in total. The fourth-order valence-electron chi connectivity index (χ4n) is 7.41. The van der Waals surface area contributed by atoms with Crippen LogP contribution in [0.15, 0.2) is 11.6 Å². The lowest BCUT2D eigenvalue weighted by Crippen LogP contribution is -2.59. The lowest BCUT2D eigenvalue weighted by atomic mass is 9.45. The van der Waals surface area contributed by atoms with Crippen LogP contribution in [0.4, 0.5) is 0 Å². The van der Waals surface area contributed by atoms with Crippen molar-refractivity contribution in [3.05, 3.63) is 11.6 Å². The standard InChI is InChI=1S/C21H30O4/c1-11(22)14-4-5-15-13-9-17(24)16-8-12(23)6-7-20(16,2)19(13)18(25)10-21(14,15)3/h8,13-15,17-19,24-25H,4-7,9-10H2,1-3H3/t13-,14+,15-,17+,18-,19+,20-,21+/m0/s1. The average molecular weight is 346 g/mol. The molecule has 4 nitrogen and oxygen atoms in total. The van der Waals surface area contributed by atoms with Crippen molar-refractivity contribution in [1.29, 1.82) is 0 Å². The average Bonchev–Trinajstić information content (AvgIpc) is 2.85. The van der Waals surface area contributed by atoms with E-state index in [1.807, 2.05) is 0 Å². The van der Waals surface area contributed by atoms with E-state index < -0.39 is 12.2 Å². The molecule has 0 amide bonds. The van der Waals surface area contributed by atoms with Crippen molar-refractivity contribution in [2.24, 2.45) is 34.5 Å². The minimum Gasteiger partial charge on any atom is -0.393 e. The Kier molecular flexibility index (Phi) is 3.83. The summed E-state index contributed by atoms with van der Waals surface area (Å²) < 4.78 is 0. The second-order valence-electron chi connectivity index (χ2n) is 9.55. The van der Waals surface area contributed by atoms with Crippen molar-refractivity contribution >= 4 is 11.6 Å². The Morgan fingerprint density at radius 1 is 1.24 bits per heavy atom. The van der Waals surface area contributed by atoms with Crippen LogP contribution in [-0.2, 0) is 9.59 Å². The summed E-state index contributed by atoms with van der Waals surface area (Å²) in [6.07, 6.45) is 4.99. The van der Waals surface area contributed by atoms with Gasteiger partial charge in [0.15, 0.2) is 5.78 Å². The summed E-state index contributed by atoms with van der Waals surface area (Å²) in [5.74, 6) is 1.05. The maximum atomic E-state index is 12.2. The molecule has 0 aliphatic heterocycles. The molecule has 3 saturated carbocycles. The fourth-order valence-corrected chi connectivity index (χ4v) is 7.41. The first-order chi connectivity index (χ1) is 11.7. The molecule has 0 saturated heterocycles. The zero-order valence-corrected chi connectivity index (χ0v) is 15.5. The van der Waals surface area contributed by atoms with Crippen LogP contribution in [0, 0.1) is 34.5 Å². The van der Waals surface area contributed by atoms with Crippen molar-refractivity contribution < 1.29 is 19.8 Å². The molecule has 0 aromatic heterocycles. The van der Waals surface area contributed by atoms with Gasteiger partial charge in [0.2, 0.25) is 0 Å². The van der Waals surface area contributed by atoms with Crippen molar-refractivity contribution in [3.63, 3.8) is 0 Å². The Bertz CT molecular complexity index is 652. The van der Waals surface area contributed by atoms with Crippen LogP contribution >= 0.6 is 0 Å². The number of hydrogen-bond donors (Lipinski definition) is 2. The summed E-state index contributed by atoms with van der Waals surface area (Å²) in [6.45, 7) is 6.00. The molecule has 4 aliphatic rings. The van der Waals surface area contributed by atoms with Gasteiger partial charge in [0.1, 0.15) is 5.78 Å².